The fourth-order valence-electron chi connectivity index (χ4n) is 2.66. The van der Waals surface area contributed by atoms with Crippen molar-refractivity contribution >= 4 is 33.0 Å². The molecule has 0 N–H and O–H groups in total. The Hall–Kier alpha value is -0.880. The highest BCUT2D eigenvalue weighted by atomic mass is 35.5. The van der Waals surface area contributed by atoms with Crippen LogP contribution in [0.4, 0.5) is 0 Å². The lowest BCUT2D eigenvalue weighted by Gasteiger charge is -2.24. The van der Waals surface area contributed by atoms with Crippen LogP contribution in [0.25, 0.3) is 0 Å². The summed E-state index contributed by atoms with van der Waals surface area (Å²) in [4.78, 5) is 0. The molecule has 2 aromatic rings. The van der Waals surface area contributed by atoms with Gasteiger partial charge in [-0.05, 0) is 36.1 Å². The monoisotopic (exact) mass is 327 g/mol. The van der Waals surface area contributed by atoms with Gasteiger partial charge in [0.2, 0.25) is 0 Å². The van der Waals surface area contributed by atoms with Crippen LogP contribution in [-0.2, 0) is 16.4 Å². The maximum atomic E-state index is 12.6. The molecule has 1 aliphatic rings. The average Bonchev–Trinajstić information content (AvgIpc) is 3.04. The normalized spacial score (nSPS) is 18.4. The van der Waals surface area contributed by atoms with Gasteiger partial charge in [-0.1, -0.05) is 35.9 Å². The van der Waals surface area contributed by atoms with Crippen molar-refractivity contribution < 1.29 is 8.42 Å². The summed E-state index contributed by atoms with van der Waals surface area (Å²) in [5.74, 6) is 0. The quantitative estimate of drug-likeness (QED) is 0.861. The van der Waals surface area contributed by atoms with Crippen molar-refractivity contribution in [3.8, 4) is 0 Å². The SMILES string of the molecule is CN(C1CCc2ccccc21)S(=O)(=O)c1ccc(Cl)s1. The van der Waals surface area contributed by atoms with E-state index in [0.717, 1.165) is 29.7 Å². The molecule has 1 unspecified atom stereocenters. The van der Waals surface area contributed by atoms with Crippen molar-refractivity contribution in [2.75, 3.05) is 7.05 Å². The highest BCUT2D eigenvalue weighted by molar-refractivity contribution is 7.91. The molecule has 20 heavy (non-hydrogen) atoms. The first kappa shape index (κ1) is 14.1. The molecule has 0 spiro atoms. The maximum absolute atomic E-state index is 12.6. The number of nitrogens with zero attached hydrogens (tertiary/aromatic N) is 1. The van der Waals surface area contributed by atoms with Gasteiger partial charge in [-0.3, -0.25) is 0 Å². The zero-order valence-corrected chi connectivity index (χ0v) is 13.3. The van der Waals surface area contributed by atoms with Crippen LogP contribution in [0.3, 0.4) is 0 Å². The molecular formula is C14H14ClNO2S2. The number of thiophene rings is 1. The van der Waals surface area contributed by atoms with Crippen molar-refractivity contribution in [2.45, 2.75) is 23.1 Å². The molecule has 6 heteroatoms. The van der Waals surface area contributed by atoms with Crippen LogP contribution in [0.5, 0.6) is 0 Å². The Morgan fingerprint density at radius 3 is 2.70 bits per heavy atom. The van der Waals surface area contributed by atoms with Crippen LogP contribution in [-0.4, -0.2) is 19.8 Å². The Labute approximate surface area is 127 Å². The van der Waals surface area contributed by atoms with Crippen molar-refractivity contribution in [2.24, 2.45) is 0 Å². The third kappa shape index (κ3) is 2.29. The van der Waals surface area contributed by atoms with Gasteiger partial charge in [0.15, 0.2) is 0 Å². The predicted octanol–water partition coefficient (Wildman–Crippen LogP) is 3.71. The zero-order chi connectivity index (χ0) is 14.3. The predicted molar refractivity (Wildman–Crippen MR) is 81.8 cm³/mol. The minimum Gasteiger partial charge on any atom is -0.206 e. The summed E-state index contributed by atoms with van der Waals surface area (Å²) in [6.07, 6.45) is 1.75. The summed E-state index contributed by atoms with van der Waals surface area (Å²) < 4.78 is 27.5. The van der Waals surface area contributed by atoms with Crippen LogP contribution < -0.4 is 0 Å². The Bertz CT molecular complexity index is 739. The molecule has 106 valence electrons. The summed E-state index contributed by atoms with van der Waals surface area (Å²) in [7, 11) is -1.83. The standard InChI is InChI=1S/C14H14ClNO2S2/c1-16(20(17,18)14-9-8-13(15)19-14)12-7-6-10-4-2-3-5-11(10)12/h2-5,8-9,12H,6-7H2,1H3. The van der Waals surface area contributed by atoms with Gasteiger partial charge in [-0.15, -0.1) is 11.3 Å². The Kier molecular flexibility index (Phi) is 3.62. The number of hydrogen-bond donors (Lipinski definition) is 0. The first-order chi connectivity index (χ1) is 9.50. The third-order valence-corrected chi connectivity index (χ3v) is 7.29. The van der Waals surface area contributed by atoms with E-state index in [9.17, 15) is 8.42 Å². The molecular weight excluding hydrogens is 314 g/mol. The highest BCUT2D eigenvalue weighted by Crippen LogP contribution is 2.38. The molecule has 1 atom stereocenters. The fraction of sp³-hybridized carbons (Fsp3) is 0.286. The van der Waals surface area contributed by atoms with Gasteiger partial charge in [0.05, 0.1) is 10.4 Å². The number of sulfonamides is 1. The molecule has 1 aliphatic carbocycles. The van der Waals surface area contributed by atoms with E-state index < -0.39 is 10.0 Å². The highest BCUT2D eigenvalue weighted by Gasteiger charge is 2.33. The largest absolute Gasteiger partial charge is 0.252 e. The van der Waals surface area contributed by atoms with Crippen LogP contribution >= 0.6 is 22.9 Å². The van der Waals surface area contributed by atoms with Crippen molar-refractivity contribution in [3.63, 3.8) is 0 Å². The molecule has 1 aromatic carbocycles. The summed E-state index contributed by atoms with van der Waals surface area (Å²) in [5.41, 5.74) is 2.35. The molecule has 1 heterocycles. The molecule has 0 saturated heterocycles. The van der Waals surface area contributed by atoms with E-state index in [4.69, 9.17) is 11.6 Å². The van der Waals surface area contributed by atoms with E-state index in [2.05, 4.69) is 6.07 Å². The second kappa shape index (κ2) is 5.15. The van der Waals surface area contributed by atoms with E-state index in [1.165, 1.54) is 9.87 Å². The minimum atomic E-state index is -3.48. The summed E-state index contributed by atoms with van der Waals surface area (Å²) in [6, 6.07) is 11.1. The van der Waals surface area contributed by atoms with E-state index in [0.29, 0.717) is 8.55 Å². The van der Waals surface area contributed by atoms with Crippen LogP contribution in [0.2, 0.25) is 4.34 Å². The average molecular weight is 328 g/mol. The van der Waals surface area contributed by atoms with Crippen molar-refractivity contribution in [3.05, 3.63) is 51.9 Å². The van der Waals surface area contributed by atoms with Crippen LogP contribution in [0.1, 0.15) is 23.6 Å². The second-order valence-electron chi connectivity index (χ2n) is 4.83. The lowest BCUT2D eigenvalue weighted by atomic mass is 10.1. The van der Waals surface area contributed by atoms with Gasteiger partial charge in [-0.2, -0.15) is 4.31 Å². The molecule has 0 fully saturated rings. The van der Waals surface area contributed by atoms with Crippen molar-refractivity contribution in [1.82, 2.24) is 4.31 Å². The number of aryl methyl sites for hydroxylation is 1. The minimum absolute atomic E-state index is 0.0860. The van der Waals surface area contributed by atoms with Gasteiger partial charge in [0, 0.05) is 7.05 Å². The number of hydrogen-bond acceptors (Lipinski definition) is 3. The summed E-state index contributed by atoms with van der Waals surface area (Å²) in [6.45, 7) is 0. The lowest BCUT2D eigenvalue weighted by Crippen LogP contribution is -2.29. The Morgan fingerprint density at radius 2 is 2.00 bits per heavy atom. The Morgan fingerprint density at radius 1 is 1.25 bits per heavy atom. The molecule has 0 radical (unpaired) electrons. The number of benzene rings is 1. The van der Waals surface area contributed by atoms with Gasteiger partial charge in [0.1, 0.15) is 4.21 Å². The van der Waals surface area contributed by atoms with Crippen molar-refractivity contribution in [1.29, 1.82) is 0 Å². The second-order valence-corrected chi connectivity index (χ2v) is 8.77. The van der Waals surface area contributed by atoms with E-state index >= 15 is 0 Å². The number of fused-ring (bicyclic) bond motifs is 1. The van der Waals surface area contributed by atoms with E-state index in [1.807, 2.05) is 18.2 Å². The first-order valence-electron chi connectivity index (χ1n) is 6.31. The van der Waals surface area contributed by atoms with Gasteiger partial charge in [0.25, 0.3) is 10.0 Å². The molecule has 0 amide bonds. The number of rotatable bonds is 3. The molecule has 3 rings (SSSR count). The molecule has 0 aliphatic heterocycles. The van der Waals surface area contributed by atoms with Crippen LogP contribution in [0.15, 0.2) is 40.6 Å². The van der Waals surface area contributed by atoms with Gasteiger partial charge < -0.3 is 0 Å². The third-order valence-electron chi connectivity index (χ3n) is 3.72. The molecule has 1 aromatic heterocycles. The molecule has 3 nitrogen and oxygen atoms in total. The fourth-order valence-corrected chi connectivity index (χ4v) is 5.69. The zero-order valence-electron chi connectivity index (χ0n) is 10.9. The molecule has 0 saturated carbocycles. The Balaban J connectivity index is 1.96. The van der Waals surface area contributed by atoms with Crippen LogP contribution in [0, 0.1) is 0 Å². The maximum Gasteiger partial charge on any atom is 0.252 e. The lowest BCUT2D eigenvalue weighted by molar-refractivity contribution is 0.375. The number of halogens is 1. The van der Waals surface area contributed by atoms with E-state index in [-0.39, 0.29) is 6.04 Å². The van der Waals surface area contributed by atoms with E-state index in [1.54, 1.807) is 19.2 Å². The van der Waals surface area contributed by atoms with Gasteiger partial charge >= 0.3 is 0 Å². The topological polar surface area (TPSA) is 37.4 Å². The molecule has 0 bridgehead atoms. The van der Waals surface area contributed by atoms with Gasteiger partial charge in [-0.25, -0.2) is 8.42 Å². The summed E-state index contributed by atoms with van der Waals surface area (Å²) >= 11 is 6.95. The summed E-state index contributed by atoms with van der Waals surface area (Å²) in [5, 5.41) is 0. The first-order valence-corrected chi connectivity index (χ1v) is 8.95. The smallest absolute Gasteiger partial charge is 0.206 e.